The highest BCUT2D eigenvalue weighted by Gasteiger charge is 2.22. The number of rotatable bonds is 5. The monoisotopic (exact) mass is 282 g/mol. The summed E-state index contributed by atoms with van der Waals surface area (Å²) in [5.41, 5.74) is 0. The van der Waals surface area contributed by atoms with Crippen LogP contribution in [-0.2, 0) is 0 Å². The van der Waals surface area contributed by atoms with Crippen molar-refractivity contribution in [3.63, 3.8) is 0 Å². The maximum Gasteiger partial charge on any atom is 0.282 e. The van der Waals surface area contributed by atoms with E-state index in [1.54, 1.807) is 0 Å². The molecule has 0 aromatic carbocycles. The zero-order valence-corrected chi connectivity index (χ0v) is 12.4. The number of carbonyl (C=O) groups is 1. The zero-order chi connectivity index (χ0) is 13.7. The van der Waals surface area contributed by atoms with Gasteiger partial charge in [-0.1, -0.05) is 38.0 Å². The van der Waals surface area contributed by atoms with Crippen LogP contribution in [0.2, 0.25) is 0 Å². The lowest BCUT2D eigenvalue weighted by atomic mass is 9.87. The van der Waals surface area contributed by atoms with E-state index in [1.807, 2.05) is 0 Å². The summed E-state index contributed by atoms with van der Waals surface area (Å²) in [6, 6.07) is 0.298. The van der Waals surface area contributed by atoms with Gasteiger partial charge in [0.15, 0.2) is 0 Å². The zero-order valence-electron chi connectivity index (χ0n) is 11.6. The molecular weight excluding hydrogens is 260 g/mol. The number of carbonyl (C=O) groups excluding carboxylic acids is 1. The highest BCUT2D eigenvalue weighted by Crippen LogP contribution is 2.24. The van der Waals surface area contributed by atoms with Gasteiger partial charge in [-0.15, -0.1) is 10.2 Å². The van der Waals surface area contributed by atoms with Crippen molar-refractivity contribution < 1.29 is 4.79 Å². The Balaban J connectivity index is 1.86. The minimum absolute atomic E-state index is 0.0823. The molecule has 0 saturated heterocycles. The third-order valence-electron chi connectivity index (χ3n) is 3.42. The van der Waals surface area contributed by atoms with Gasteiger partial charge in [-0.3, -0.25) is 4.79 Å². The van der Waals surface area contributed by atoms with E-state index in [9.17, 15) is 4.79 Å². The van der Waals surface area contributed by atoms with Crippen molar-refractivity contribution in [3.05, 3.63) is 5.01 Å². The molecule has 0 spiro atoms. The van der Waals surface area contributed by atoms with Gasteiger partial charge in [-0.2, -0.15) is 0 Å². The maximum absolute atomic E-state index is 12.1. The summed E-state index contributed by atoms with van der Waals surface area (Å²) >= 11 is 1.32. The van der Waals surface area contributed by atoms with Gasteiger partial charge in [0.1, 0.15) is 0 Å². The van der Waals surface area contributed by atoms with Crippen LogP contribution in [0.4, 0.5) is 5.13 Å². The number of nitrogens with one attached hydrogen (secondary N) is 2. The van der Waals surface area contributed by atoms with Crippen LogP contribution in [-0.4, -0.2) is 28.7 Å². The number of hydrogen-bond acceptors (Lipinski definition) is 5. The Morgan fingerprint density at radius 1 is 1.42 bits per heavy atom. The first-order chi connectivity index (χ1) is 9.19. The topological polar surface area (TPSA) is 66.9 Å². The van der Waals surface area contributed by atoms with E-state index in [2.05, 4.69) is 34.7 Å². The Morgan fingerprint density at radius 2 is 2.26 bits per heavy atom. The second-order valence-electron chi connectivity index (χ2n) is 5.28. The Bertz CT molecular complexity index is 421. The smallest absolute Gasteiger partial charge is 0.282 e. The molecule has 1 aromatic rings. The Morgan fingerprint density at radius 3 is 3.00 bits per heavy atom. The van der Waals surface area contributed by atoms with Crippen LogP contribution >= 0.6 is 11.3 Å². The average molecular weight is 282 g/mol. The molecule has 0 radical (unpaired) electrons. The van der Waals surface area contributed by atoms with E-state index in [4.69, 9.17) is 0 Å². The molecule has 19 heavy (non-hydrogen) atoms. The van der Waals surface area contributed by atoms with Gasteiger partial charge in [-0.25, -0.2) is 0 Å². The molecule has 2 N–H and O–H groups in total. The summed E-state index contributed by atoms with van der Waals surface area (Å²) in [7, 11) is 0. The Kier molecular flexibility index (Phi) is 5.13. The molecule has 5 nitrogen and oxygen atoms in total. The number of amides is 1. The van der Waals surface area contributed by atoms with E-state index in [-0.39, 0.29) is 5.91 Å². The molecule has 2 rings (SSSR count). The van der Waals surface area contributed by atoms with E-state index in [1.165, 1.54) is 24.2 Å². The molecule has 1 saturated carbocycles. The summed E-state index contributed by atoms with van der Waals surface area (Å²) in [6.45, 7) is 5.19. The fourth-order valence-electron chi connectivity index (χ4n) is 2.43. The first kappa shape index (κ1) is 14.2. The molecule has 1 aliphatic rings. The molecule has 2 unspecified atom stereocenters. The third kappa shape index (κ3) is 4.16. The predicted octanol–water partition coefficient (Wildman–Crippen LogP) is 2.67. The van der Waals surface area contributed by atoms with Crippen LogP contribution in [0.1, 0.15) is 55.8 Å². The first-order valence-corrected chi connectivity index (χ1v) is 7.89. The molecule has 1 heterocycles. The van der Waals surface area contributed by atoms with Crippen molar-refractivity contribution in [3.8, 4) is 0 Å². The van der Waals surface area contributed by atoms with E-state index in [0.29, 0.717) is 17.0 Å². The molecule has 106 valence electrons. The predicted molar refractivity (Wildman–Crippen MR) is 77.6 cm³/mol. The Hall–Kier alpha value is -1.17. The number of nitrogens with zero attached hydrogens (tertiary/aromatic N) is 2. The fourth-order valence-corrected chi connectivity index (χ4v) is 3.10. The van der Waals surface area contributed by atoms with E-state index < -0.39 is 0 Å². The SMILES string of the molecule is CCCNc1nnc(C(=O)NC2CCCC(C)C2)s1. The minimum Gasteiger partial charge on any atom is -0.360 e. The molecular formula is C13H22N4OS. The molecule has 1 fully saturated rings. The van der Waals surface area contributed by atoms with Gasteiger partial charge in [0.2, 0.25) is 10.1 Å². The highest BCUT2D eigenvalue weighted by atomic mass is 32.1. The van der Waals surface area contributed by atoms with E-state index >= 15 is 0 Å². The minimum atomic E-state index is -0.0823. The van der Waals surface area contributed by atoms with Crippen molar-refractivity contribution in [1.29, 1.82) is 0 Å². The lowest BCUT2D eigenvalue weighted by molar-refractivity contribution is 0.0920. The number of hydrogen-bond donors (Lipinski definition) is 2. The van der Waals surface area contributed by atoms with Gasteiger partial charge in [0.05, 0.1) is 0 Å². The molecule has 0 bridgehead atoms. The van der Waals surface area contributed by atoms with Crippen LogP contribution in [0, 0.1) is 5.92 Å². The molecule has 1 aromatic heterocycles. The van der Waals surface area contributed by atoms with Crippen molar-refractivity contribution in [2.24, 2.45) is 5.92 Å². The average Bonchev–Trinajstić information content (AvgIpc) is 2.85. The molecule has 1 amide bonds. The second kappa shape index (κ2) is 6.84. The standard InChI is InChI=1S/C13H22N4OS/c1-3-7-14-13-17-16-12(19-13)11(18)15-10-6-4-5-9(2)8-10/h9-10H,3-8H2,1-2H3,(H,14,17)(H,15,18). The van der Waals surface area contributed by atoms with Gasteiger partial charge < -0.3 is 10.6 Å². The third-order valence-corrected chi connectivity index (χ3v) is 4.30. The first-order valence-electron chi connectivity index (χ1n) is 7.07. The lowest BCUT2D eigenvalue weighted by Crippen LogP contribution is -2.37. The van der Waals surface area contributed by atoms with Gasteiger partial charge in [0, 0.05) is 12.6 Å². The molecule has 6 heteroatoms. The van der Waals surface area contributed by atoms with E-state index in [0.717, 1.165) is 30.9 Å². The normalized spacial score (nSPS) is 23.1. The van der Waals surface area contributed by atoms with Crippen molar-refractivity contribution in [1.82, 2.24) is 15.5 Å². The highest BCUT2D eigenvalue weighted by molar-refractivity contribution is 7.17. The molecule has 0 aliphatic heterocycles. The quantitative estimate of drug-likeness (QED) is 0.871. The lowest BCUT2D eigenvalue weighted by Gasteiger charge is -2.26. The largest absolute Gasteiger partial charge is 0.360 e. The summed E-state index contributed by atoms with van der Waals surface area (Å²) < 4.78 is 0. The summed E-state index contributed by atoms with van der Waals surface area (Å²) in [5, 5.41) is 15.3. The van der Waals surface area contributed by atoms with Gasteiger partial charge >= 0.3 is 0 Å². The van der Waals surface area contributed by atoms with Crippen LogP contribution < -0.4 is 10.6 Å². The number of aromatic nitrogens is 2. The summed E-state index contributed by atoms with van der Waals surface area (Å²) in [5.74, 6) is 0.622. The van der Waals surface area contributed by atoms with Gasteiger partial charge in [-0.05, 0) is 25.2 Å². The van der Waals surface area contributed by atoms with Gasteiger partial charge in [0.25, 0.3) is 5.91 Å². The second-order valence-corrected chi connectivity index (χ2v) is 6.26. The Labute approximate surface area is 118 Å². The maximum atomic E-state index is 12.1. The van der Waals surface area contributed by atoms with Crippen molar-refractivity contribution >= 4 is 22.4 Å². The fraction of sp³-hybridized carbons (Fsp3) is 0.769. The number of anilines is 1. The van der Waals surface area contributed by atoms with Crippen LogP contribution in [0.15, 0.2) is 0 Å². The van der Waals surface area contributed by atoms with Crippen molar-refractivity contribution in [2.45, 2.75) is 52.0 Å². The van der Waals surface area contributed by atoms with Crippen LogP contribution in [0.25, 0.3) is 0 Å². The van der Waals surface area contributed by atoms with Crippen LogP contribution in [0.5, 0.6) is 0 Å². The molecule has 1 aliphatic carbocycles. The summed E-state index contributed by atoms with van der Waals surface area (Å²) in [6.07, 6.45) is 5.66. The summed E-state index contributed by atoms with van der Waals surface area (Å²) in [4.78, 5) is 12.1. The van der Waals surface area contributed by atoms with Crippen LogP contribution in [0.3, 0.4) is 0 Å². The van der Waals surface area contributed by atoms with Crippen molar-refractivity contribution in [2.75, 3.05) is 11.9 Å². The molecule has 2 atom stereocenters.